The quantitative estimate of drug-likeness (QED) is 0.366. The van der Waals surface area contributed by atoms with Gasteiger partial charge < -0.3 is 9.47 Å². The van der Waals surface area contributed by atoms with Gasteiger partial charge >= 0.3 is 0 Å². The number of hydrogen-bond donors (Lipinski definition) is 0. The van der Waals surface area contributed by atoms with Crippen LogP contribution in [0, 0.1) is 11.8 Å². The molecule has 6 aliphatic carbocycles. The van der Waals surface area contributed by atoms with Crippen LogP contribution in [0.2, 0.25) is 0 Å². The molecule has 3 atom stereocenters. The lowest BCUT2D eigenvalue weighted by Gasteiger charge is -2.35. The molecule has 0 radical (unpaired) electrons. The summed E-state index contributed by atoms with van der Waals surface area (Å²) in [6.45, 7) is 0. The molecule has 0 amide bonds. The molecule has 3 unspecified atom stereocenters. The molecule has 0 spiro atoms. The summed E-state index contributed by atoms with van der Waals surface area (Å²) in [5.41, 5.74) is 10.4. The summed E-state index contributed by atoms with van der Waals surface area (Å²) in [6, 6.07) is 0.486. The molecule has 0 saturated carbocycles. The zero-order valence-corrected chi connectivity index (χ0v) is 22.6. The van der Waals surface area contributed by atoms with Crippen LogP contribution in [0.15, 0.2) is 96.1 Å². The summed E-state index contributed by atoms with van der Waals surface area (Å²) in [4.78, 5) is 2.51. The van der Waals surface area contributed by atoms with Crippen LogP contribution in [0.25, 0.3) is 12.2 Å². The molecule has 0 aromatic carbocycles. The maximum absolute atomic E-state index is 2.67. The van der Waals surface area contributed by atoms with Crippen molar-refractivity contribution in [3.05, 3.63) is 119 Å². The Hall–Kier alpha value is -3.26. The first-order chi connectivity index (χ1) is 18.9. The standard InChI is InChI=1S/C36H40N2/c1-3-11-29(12-4-1)37(30-13-5-2-6-14-30)31-23-19-27(20-24-31)28-21-25-32(26-22-28)38-35-17-9-7-15-33(35)34-16-8-10-18-36(34)38/h1,3,5,9-11,13-14,17-19,21,23-25,27-28,32H,2,4,6-8,12,15-16,20,22,26H2. The predicted molar refractivity (Wildman–Crippen MR) is 160 cm³/mol. The summed E-state index contributed by atoms with van der Waals surface area (Å²) in [7, 11) is 0. The lowest BCUT2D eigenvalue weighted by Crippen LogP contribution is -2.25. The van der Waals surface area contributed by atoms with Crippen LogP contribution >= 0.6 is 0 Å². The van der Waals surface area contributed by atoms with Crippen molar-refractivity contribution in [2.24, 2.45) is 11.8 Å². The van der Waals surface area contributed by atoms with E-state index < -0.39 is 0 Å². The Balaban J connectivity index is 1.09. The molecule has 7 rings (SSSR count). The highest BCUT2D eigenvalue weighted by Gasteiger charge is 2.30. The molecule has 0 saturated heterocycles. The van der Waals surface area contributed by atoms with E-state index in [1.165, 1.54) is 67.0 Å². The van der Waals surface area contributed by atoms with Gasteiger partial charge in [-0.05, 0) is 124 Å². The molecule has 6 aliphatic rings. The van der Waals surface area contributed by atoms with E-state index in [4.69, 9.17) is 0 Å². The second kappa shape index (κ2) is 10.5. The SMILES string of the molecule is C1=CCCC(N(C2=CCCC=C2)C2=CCC(C3C=CC(n4c5c(c6c4C=CCC6)CCC=C5)CC3)C=C2)=C1. The summed E-state index contributed by atoms with van der Waals surface area (Å²) in [5.74, 6) is 1.23. The molecular formula is C36H40N2. The van der Waals surface area contributed by atoms with Gasteiger partial charge in [0.2, 0.25) is 0 Å². The van der Waals surface area contributed by atoms with Crippen LogP contribution in [-0.2, 0) is 12.8 Å². The highest BCUT2D eigenvalue weighted by Crippen LogP contribution is 2.41. The largest absolute Gasteiger partial charge is 0.334 e. The first kappa shape index (κ1) is 23.8. The monoisotopic (exact) mass is 500 g/mol. The van der Waals surface area contributed by atoms with Crippen molar-refractivity contribution >= 4 is 12.2 Å². The topological polar surface area (TPSA) is 8.17 Å². The fourth-order valence-electron chi connectivity index (χ4n) is 7.38. The zero-order valence-electron chi connectivity index (χ0n) is 22.6. The molecular weight excluding hydrogens is 460 g/mol. The highest BCUT2D eigenvalue weighted by atomic mass is 15.2. The third kappa shape index (κ3) is 4.38. The average Bonchev–Trinajstić information content (AvgIpc) is 3.33. The van der Waals surface area contributed by atoms with Gasteiger partial charge in [-0.2, -0.15) is 0 Å². The minimum Gasteiger partial charge on any atom is -0.334 e. The number of nitrogens with zero attached hydrogens (tertiary/aromatic N) is 2. The van der Waals surface area contributed by atoms with Crippen LogP contribution in [0.3, 0.4) is 0 Å². The Morgan fingerprint density at radius 3 is 2.03 bits per heavy atom. The number of aromatic nitrogens is 1. The van der Waals surface area contributed by atoms with E-state index >= 15 is 0 Å². The third-order valence-electron chi connectivity index (χ3n) is 9.32. The van der Waals surface area contributed by atoms with Gasteiger partial charge in [0.25, 0.3) is 0 Å². The van der Waals surface area contributed by atoms with Gasteiger partial charge in [-0.15, -0.1) is 0 Å². The predicted octanol–water partition coefficient (Wildman–Crippen LogP) is 9.14. The molecule has 1 aromatic rings. The summed E-state index contributed by atoms with van der Waals surface area (Å²) >= 11 is 0. The van der Waals surface area contributed by atoms with Gasteiger partial charge in [-0.3, -0.25) is 0 Å². The van der Waals surface area contributed by atoms with Crippen LogP contribution in [-0.4, -0.2) is 9.47 Å². The van der Waals surface area contributed by atoms with Gasteiger partial charge in [-0.1, -0.05) is 60.8 Å². The van der Waals surface area contributed by atoms with Crippen molar-refractivity contribution in [3.63, 3.8) is 0 Å². The van der Waals surface area contributed by atoms with Gasteiger partial charge in [-0.25, -0.2) is 0 Å². The van der Waals surface area contributed by atoms with E-state index in [0.717, 1.165) is 32.1 Å². The van der Waals surface area contributed by atoms with E-state index in [0.29, 0.717) is 17.9 Å². The number of rotatable bonds is 5. The van der Waals surface area contributed by atoms with E-state index in [-0.39, 0.29) is 0 Å². The molecule has 0 bridgehead atoms. The van der Waals surface area contributed by atoms with Crippen LogP contribution in [0.5, 0.6) is 0 Å². The Kier molecular flexibility index (Phi) is 6.57. The lowest BCUT2D eigenvalue weighted by atomic mass is 9.79. The van der Waals surface area contributed by atoms with Crippen molar-refractivity contribution in [1.82, 2.24) is 9.47 Å². The molecule has 38 heavy (non-hydrogen) atoms. The van der Waals surface area contributed by atoms with Crippen molar-refractivity contribution < 1.29 is 0 Å². The van der Waals surface area contributed by atoms with Crippen molar-refractivity contribution in [2.45, 2.75) is 76.7 Å². The highest BCUT2D eigenvalue weighted by molar-refractivity contribution is 5.66. The van der Waals surface area contributed by atoms with E-state index in [2.05, 4.69) is 101 Å². The molecule has 194 valence electrons. The molecule has 0 aliphatic heterocycles. The van der Waals surface area contributed by atoms with E-state index in [9.17, 15) is 0 Å². The Morgan fingerprint density at radius 1 is 0.632 bits per heavy atom. The minimum absolute atomic E-state index is 0.486. The maximum atomic E-state index is 2.67. The lowest BCUT2D eigenvalue weighted by molar-refractivity contribution is 0.373. The maximum Gasteiger partial charge on any atom is 0.0522 e. The van der Waals surface area contributed by atoms with Gasteiger partial charge in [0.05, 0.1) is 6.04 Å². The minimum atomic E-state index is 0.486. The van der Waals surface area contributed by atoms with Crippen LogP contribution in [0.1, 0.15) is 86.3 Å². The second-order valence-corrected chi connectivity index (χ2v) is 11.6. The zero-order chi connectivity index (χ0) is 25.3. The van der Waals surface area contributed by atoms with Crippen molar-refractivity contribution in [1.29, 1.82) is 0 Å². The van der Waals surface area contributed by atoms with Crippen molar-refractivity contribution in [2.75, 3.05) is 0 Å². The number of hydrogen-bond acceptors (Lipinski definition) is 1. The molecule has 2 nitrogen and oxygen atoms in total. The smallest absolute Gasteiger partial charge is 0.0522 e. The van der Waals surface area contributed by atoms with E-state index in [1.54, 1.807) is 11.1 Å². The molecule has 1 aromatic heterocycles. The molecule has 0 fully saturated rings. The summed E-state index contributed by atoms with van der Waals surface area (Å²) in [6.07, 6.45) is 48.9. The second-order valence-electron chi connectivity index (χ2n) is 11.6. The van der Waals surface area contributed by atoms with E-state index in [1.807, 2.05) is 0 Å². The summed E-state index contributed by atoms with van der Waals surface area (Å²) < 4.78 is 2.67. The molecule has 2 heteroatoms. The van der Waals surface area contributed by atoms with Gasteiger partial charge in [0, 0.05) is 28.5 Å². The fourth-order valence-corrected chi connectivity index (χ4v) is 7.38. The molecule has 1 heterocycles. The third-order valence-corrected chi connectivity index (χ3v) is 9.32. The molecule has 0 N–H and O–H groups in total. The number of allylic oxidation sites excluding steroid dienone is 14. The first-order valence-electron chi connectivity index (χ1n) is 15.0. The fraction of sp³-hybridized carbons (Fsp3) is 0.389. The van der Waals surface area contributed by atoms with Crippen LogP contribution in [0.4, 0.5) is 0 Å². The van der Waals surface area contributed by atoms with Crippen LogP contribution < -0.4 is 0 Å². The Bertz CT molecular complexity index is 1320. The normalized spacial score (nSPS) is 27.5. The number of fused-ring (bicyclic) bond motifs is 3. The van der Waals surface area contributed by atoms with Crippen molar-refractivity contribution in [3.8, 4) is 0 Å². The van der Waals surface area contributed by atoms with Gasteiger partial charge in [0.1, 0.15) is 0 Å². The average molecular weight is 501 g/mol. The Labute approximate surface area is 228 Å². The van der Waals surface area contributed by atoms with Gasteiger partial charge in [0.15, 0.2) is 0 Å². The summed E-state index contributed by atoms with van der Waals surface area (Å²) in [5, 5.41) is 0. The first-order valence-corrected chi connectivity index (χ1v) is 15.0. The Morgan fingerprint density at radius 2 is 1.39 bits per heavy atom.